The van der Waals surface area contributed by atoms with Crippen molar-refractivity contribution >= 4 is 0 Å². The molecule has 0 aromatic heterocycles. The first kappa shape index (κ1) is 9.84. The predicted octanol–water partition coefficient (Wildman–Crippen LogP) is -1.56. The average molecular weight is 149 g/mol. The van der Waals surface area contributed by atoms with Gasteiger partial charge in [0.15, 0.2) is 0 Å². The molecule has 0 aliphatic carbocycles. The molecule has 4 nitrogen and oxygen atoms in total. The van der Waals surface area contributed by atoms with Crippen molar-refractivity contribution in [2.75, 3.05) is 6.61 Å². The molecule has 0 saturated heterocycles. The lowest BCUT2D eigenvalue weighted by Crippen LogP contribution is -2.41. The molecule has 0 fully saturated rings. The van der Waals surface area contributed by atoms with E-state index in [-0.39, 0.29) is 13.0 Å². The number of aliphatic hydroxyl groups is 3. The van der Waals surface area contributed by atoms with E-state index < -0.39 is 18.2 Å². The Morgan fingerprint density at radius 2 is 1.90 bits per heavy atom. The summed E-state index contributed by atoms with van der Waals surface area (Å²) < 4.78 is 0. The van der Waals surface area contributed by atoms with Crippen molar-refractivity contribution in [3.05, 3.63) is 0 Å². The molecule has 0 aromatic rings. The summed E-state index contributed by atoms with van der Waals surface area (Å²) in [6.45, 7) is 1.47. The molecule has 4 heteroatoms. The van der Waals surface area contributed by atoms with Gasteiger partial charge in [0.2, 0.25) is 0 Å². The van der Waals surface area contributed by atoms with Crippen molar-refractivity contribution < 1.29 is 15.3 Å². The van der Waals surface area contributed by atoms with E-state index in [9.17, 15) is 0 Å². The van der Waals surface area contributed by atoms with Crippen LogP contribution in [0.2, 0.25) is 0 Å². The van der Waals surface area contributed by atoms with E-state index in [1.807, 2.05) is 0 Å². The van der Waals surface area contributed by atoms with Crippen molar-refractivity contribution in [3.63, 3.8) is 0 Å². The second kappa shape index (κ2) is 4.62. The highest BCUT2D eigenvalue weighted by molar-refractivity contribution is 4.74. The van der Waals surface area contributed by atoms with E-state index in [1.54, 1.807) is 6.92 Å². The van der Waals surface area contributed by atoms with Gasteiger partial charge < -0.3 is 21.1 Å². The summed E-state index contributed by atoms with van der Waals surface area (Å²) in [5, 5.41) is 26.4. The van der Waals surface area contributed by atoms with Crippen LogP contribution in [0, 0.1) is 0 Å². The Morgan fingerprint density at radius 1 is 1.40 bits per heavy atom. The molecule has 0 aliphatic rings. The lowest BCUT2D eigenvalue weighted by Gasteiger charge is -2.19. The molecule has 0 aliphatic heterocycles. The van der Waals surface area contributed by atoms with E-state index >= 15 is 0 Å². The van der Waals surface area contributed by atoms with Crippen LogP contribution >= 0.6 is 0 Å². The van der Waals surface area contributed by atoms with Gasteiger partial charge in [-0.05, 0) is 13.3 Å². The largest absolute Gasteiger partial charge is 0.396 e. The molecule has 0 aromatic carbocycles. The van der Waals surface area contributed by atoms with Crippen LogP contribution < -0.4 is 5.73 Å². The molecule has 0 saturated carbocycles. The van der Waals surface area contributed by atoms with Crippen LogP contribution in [0.5, 0.6) is 0 Å². The van der Waals surface area contributed by atoms with Gasteiger partial charge >= 0.3 is 0 Å². The van der Waals surface area contributed by atoms with E-state index in [1.165, 1.54) is 0 Å². The lowest BCUT2D eigenvalue weighted by molar-refractivity contribution is -0.00512. The molecule has 3 atom stereocenters. The molecule has 5 N–H and O–H groups in total. The second-order valence-corrected chi connectivity index (χ2v) is 2.43. The Morgan fingerprint density at radius 3 is 2.20 bits per heavy atom. The molecular weight excluding hydrogens is 134 g/mol. The zero-order valence-electron chi connectivity index (χ0n) is 6.07. The van der Waals surface area contributed by atoms with Crippen molar-refractivity contribution in [2.24, 2.45) is 5.73 Å². The highest BCUT2D eigenvalue weighted by Crippen LogP contribution is 2.00. The molecule has 0 radical (unpaired) electrons. The maximum absolute atomic E-state index is 9.04. The van der Waals surface area contributed by atoms with Gasteiger partial charge in [0.05, 0.1) is 12.2 Å². The minimum Gasteiger partial charge on any atom is -0.396 e. The summed E-state index contributed by atoms with van der Waals surface area (Å²) in [5.41, 5.74) is 5.28. The molecule has 0 bridgehead atoms. The minimum absolute atomic E-state index is 0.134. The van der Waals surface area contributed by atoms with Crippen molar-refractivity contribution in [2.45, 2.75) is 31.6 Å². The van der Waals surface area contributed by atoms with Gasteiger partial charge in [-0.25, -0.2) is 0 Å². The van der Waals surface area contributed by atoms with E-state index in [0.717, 1.165) is 0 Å². The highest BCUT2D eigenvalue weighted by Gasteiger charge is 2.18. The molecular formula is C6H15NO3. The molecule has 10 heavy (non-hydrogen) atoms. The molecule has 62 valence electrons. The van der Waals surface area contributed by atoms with Crippen LogP contribution in [0.25, 0.3) is 0 Å². The normalized spacial score (nSPS) is 20.1. The lowest BCUT2D eigenvalue weighted by atomic mass is 10.1. The predicted molar refractivity (Wildman–Crippen MR) is 37.4 cm³/mol. The van der Waals surface area contributed by atoms with Gasteiger partial charge in [0.25, 0.3) is 0 Å². The first-order chi connectivity index (χ1) is 4.59. The van der Waals surface area contributed by atoms with Gasteiger partial charge in [0, 0.05) is 12.6 Å². The molecule has 0 heterocycles. The van der Waals surface area contributed by atoms with Crippen molar-refractivity contribution in [1.82, 2.24) is 0 Å². The molecule has 0 spiro atoms. The summed E-state index contributed by atoms with van der Waals surface area (Å²) in [5.74, 6) is 0. The number of nitrogens with two attached hydrogens (primary N) is 1. The van der Waals surface area contributed by atoms with Gasteiger partial charge in [0.1, 0.15) is 0 Å². The van der Waals surface area contributed by atoms with Gasteiger partial charge in [-0.2, -0.15) is 0 Å². The first-order valence-corrected chi connectivity index (χ1v) is 3.32. The SMILES string of the molecule is CC(N)C(O)C(O)CCO. The highest BCUT2D eigenvalue weighted by atomic mass is 16.3. The van der Waals surface area contributed by atoms with Gasteiger partial charge in [-0.3, -0.25) is 0 Å². The Bertz CT molecular complexity index is 87.1. The molecule has 3 unspecified atom stereocenters. The van der Waals surface area contributed by atoms with Crippen LogP contribution in [-0.2, 0) is 0 Å². The Labute approximate surface area is 60.3 Å². The fourth-order valence-corrected chi connectivity index (χ4v) is 0.653. The van der Waals surface area contributed by atoms with Crippen LogP contribution in [0.1, 0.15) is 13.3 Å². The van der Waals surface area contributed by atoms with Crippen molar-refractivity contribution in [1.29, 1.82) is 0 Å². The molecule has 0 rings (SSSR count). The van der Waals surface area contributed by atoms with Crippen molar-refractivity contribution in [3.8, 4) is 0 Å². The van der Waals surface area contributed by atoms with Crippen LogP contribution in [0.4, 0.5) is 0 Å². The van der Waals surface area contributed by atoms with Gasteiger partial charge in [-0.15, -0.1) is 0 Å². The average Bonchev–Trinajstić information content (AvgIpc) is 1.87. The second-order valence-electron chi connectivity index (χ2n) is 2.43. The quantitative estimate of drug-likeness (QED) is 0.389. The minimum atomic E-state index is -0.938. The van der Waals surface area contributed by atoms with E-state index in [2.05, 4.69) is 0 Å². The fraction of sp³-hybridized carbons (Fsp3) is 1.00. The first-order valence-electron chi connectivity index (χ1n) is 3.32. The van der Waals surface area contributed by atoms with Crippen LogP contribution in [-0.4, -0.2) is 40.2 Å². The summed E-state index contributed by atoms with van der Waals surface area (Å²) in [6.07, 6.45) is -1.68. The summed E-state index contributed by atoms with van der Waals surface area (Å²) >= 11 is 0. The van der Waals surface area contributed by atoms with Gasteiger partial charge in [-0.1, -0.05) is 0 Å². The topological polar surface area (TPSA) is 86.7 Å². The summed E-state index contributed by atoms with van der Waals surface area (Å²) in [7, 11) is 0. The Hall–Kier alpha value is -0.160. The third-order valence-electron chi connectivity index (χ3n) is 1.36. The number of hydrogen-bond acceptors (Lipinski definition) is 4. The standard InChI is InChI=1S/C6H15NO3/c1-4(7)6(10)5(9)2-3-8/h4-6,8-10H,2-3,7H2,1H3. The number of hydrogen-bond donors (Lipinski definition) is 4. The zero-order valence-corrected chi connectivity index (χ0v) is 6.07. The van der Waals surface area contributed by atoms with Crippen LogP contribution in [0.15, 0.2) is 0 Å². The fourth-order valence-electron chi connectivity index (χ4n) is 0.653. The number of aliphatic hydroxyl groups excluding tert-OH is 3. The Balaban J connectivity index is 3.58. The zero-order chi connectivity index (χ0) is 8.15. The van der Waals surface area contributed by atoms with E-state index in [4.69, 9.17) is 21.1 Å². The Kier molecular flexibility index (Phi) is 4.55. The maximum Gasteiger partial charge on any atom is 0.0947 e. The summed E-state index contributed by atoms with van der Waals surface area (Å²) in [4.78, 5) is 0. The van der Waals surface area contributed by atoms with Crippen LogP contribution in [0.3, 0.4) is 0 Å². The summed E-state index contributed by atoms with van der Waals surface area (Å²) in [6, 6.07) is -0.457. The maximum atomic E-state index is 9.04. The number of rotatable bonds is 4. The smallest absolute Gasteiger partial charge is 0.0947 e. The monoisotopic (exact) mass is 149 g/mol. The van der Waals surface area contributed by atoms with E-state index in [0.29, 0.717) is 0 Å². The molecule has 0 amide bonds. The third kappa shape index (κ3) is 3.12. The third-order valence-corrected chi connectivity index (χ3v) is 1.36.